The molecule has 1 N–H and O–H groups in total. The van der Waals surface area contributed by atoms with Gasteiger partial charge in [0.1, 0.15) is 0 Å². The molecule has 0 spiro atoms. The summed E-state index contributed by atoms with van der Waals surface area (Å²) in [5, 5.41) is 3.22. The molecular formula is C9H16N4. The molecule has 0 atom stereocenters. The zero-order valence-corrected chi connectivity index (χ0v) is 8.41. The van der Waals surface area contributed by atoms with Gasteiger partial charge in [0.05, 0.1) is 5.69 Å². The van der Waals surface area contributed by atoms with E-state index in [1.807, 2.05) is 25.1 Å². The first-order valence-electron chi connectivity index (χ1n) is 4.44. The highest BCUT2D eigenvalue weighted by Crippen LogP contribution is 2.02. The van der Waals surface area contributed by atoms with Gasteiger partial charge in [0, 0.05) is 26.8 Å². The van der Waals surface area contributed by atoms with Crippen molar-refractivity contribution in [2.75, 3.05) is 25.5 Å². The monoisotopic (exact) mass is 180 g/mol. The van der Waals surface area contributed by atoms with Gasteiger partial charge in [0.15, 0.2) is 0 Å². The van der Waals surface area contributed by atoms with Crippen LogP contribution in [0.15, 0.2) is 12.3 Å². The van der Waals surface area contributed by atoms with Crippen molar-refractivity contribution in [2.24, 2.45) is 0 Å². The van der Waals surface area contributed by atoms with Crippen LogP contribution in [0.2, 0.25) is 0 Å². The Hall–Kier alpha value is -1.16. The molecule has 0 aliphatic heterocycles. The summed E-state index contributed by atoms with van der Waals surface area (Å²) in [6.45, 7) is 3.84. The average molecular weight is 180 g/mol. The van der Waals surface area contributed by atoms with Crippen LogP contribution in [0.3, 0.4) is 0 Å². The summed E-state index contributed by atoms with van der Waals surface area (Å²) in [5.41, 5.74) is 1.03. The number of hydrogen-bond acceptors (Lipinski definition) is 4. The third-order valence-electron chi connectivity index (χ3n) is 1.66. The fourth-order valence-electron chi connectivity index (χ4n) is 0.952. The maximum absolute atomic E-state index is 4.36. The van der Waals surface area contributed by atoms with Gasteiger partial charge < -0.3 is 10.2 Å². The Bertz CT molecular complexity index is 260. The predicted molar refractivity (Wildman–Crippen MR) is 53.7 cm³/mol. The normalized spacial score (nSPS) is 10.1. The third-order valence-corrected chi connectivity index (χ3v) is 1.66. The number of anilines is 1. The highest BCUT2D eigenvalue weighted by atomic mass is 15.2. The SMILES string of the molecule is CCNCc1ccnc(N(C)C)n1. The number of nitrogens with one attached hydrogen (secondary N) is 1. The Labute approximate surface area is 79.0 Å². The van der Waals surface area contributed by atoms with Crippen molar-refractivity contribution >= 4 is 5.95 Å². The number of hydrogen-bond donors (Lipinski definition) is 1. The highest BCUT2D eigenvalue weighted by Gasteiger charge is 1.99. The van der Waals surface area contributed by atoms with Gasteiger partial charge in [-0.25, -0.2) is 9.97 Å². The zero-order chi connectivity index (χ0) is 9.68. The Morgan fingerprint density at radius 1 is 1.46 bits per heavy atom. The second-order valence-corrected chi connectivity index (χ2v) is 3.02. The van der Waals surface area contributed by atoms with E-state index < -0.39 is 0 Å². The van der Waals surface area contributed by atoms with E-state index in [9.17, 15) is 0 Å². The molecule has 0 saturated heterocycles. The van der Waals surface area contributed by atoms with Crippen molar-refractivity contribution in [1.82, 2.24) is 15.3 Å². The molecule has 0 aromatic carbocycles. The molecule has 0 bridgehead atoms. The first kappa shape index (κ1) is 9.92. The van der Waals surface area contributed by atoms with Gasteiger partial charge in [-0.1, -0.05) is 6.92 Å². The van der Waals surface area contributed by atoms with Gasteiger partial charge in [-0.3, -0.25) is 0 Å². The minimum atomic E-state index is 0.760. The Balaban J connectivity index is 2.68. The first-order valence-corrected chi connectivity index (χ1v) is 4.44. The molecule has 0 unspecified atom stereocenters. The van der Waals surface area contributed by atoms with Crippen molar-refractivity contribution in [1.29, 1.82) is 0 Å². The van der Waals surface area contributed by atoms with Gasteiger partial charge in [-0.15, -0.1) is 0 Å². The van der Waals surface area contributed by atoms with E-state index in [4.69, 9.17) is 0 Å². The molecular weight excluding hydrogens is 164 g/mol. The summed E-state index contributed by atoms with van der Waals surface area (Å²) in [7, 11) is 3.87. The Morgan fingerprint density at radius 2 is 2.23 bits per heavy atom. The van der Waals surface area contributed by atoms with Crippen LogP contribution in [0.5, 0.6) is 0 Å². The first-order chi connectivity index (χ1) is 6.24. The molecule has 0 aliphatic carbocycles. The summed E-state index contributed by atoms with van der Waals surface area (Å²) in [6.07, 6.45) is 1.79. The van der Waals surface area contributed by atoms with Crippen LogP contribution in [0, 0.1) is 0 Å². The van der Waals surface area contributed by atoms with E-state index in [2.05, 4.69) is 22.2 Å². The largest absolute Gasteiger partial charge is 0.347 e. The summed E-state index contributed by atoms with van der Waals surface area (Å²) in [5.74, 6) is 0.760. The maximum Gasteiger partial charge on any atom is 0.225 e. The van der Waals surface area contributed by atoms with E-state index in [0.29, 0.717) is 0 Å². The summed E-state index contributed by atoms with van der Waals surface area (Å²) >= 11 is 0. The van der Waals surface area contributed by atoms with Crippen molar-refractivity contribution < 1.29 is 0 Å². The molecule has 4 nitrogen and oxygen atoms in total. The van der Waals surface area contributed by atoms with Crippen LogP contribution in [0.4, 0.5) is 5.95 Å². The fourth-order valence-corrected chi connectivity index (χ4v) is 0.952. The quantitative estimate of drug-likeness (QED) is 0.738. The minimum Gasteiger partial charge on any atom is -0.347 e. The lowest BCUT2D eigenvalue weighted by Gasteiger charge is -2.10. The van der Waals surface area contributed by atoms with Gasteiger partial charge in [-0.05, 0) is 12.6 Å². The van der Waals surface area contributed by atoms with Crippen LogP contribution in [0.25, 0.3) is 0 Å². The van der Waals surface area contributed by atoms with Gasteiger partial charge in [-0.2, -0.15) is 0 Å². The Kier molecular flexibility index (Phi) is 3.64. The molecule has 1 aromatic heterocycles. The van der Waals surface area contributed by atoms with Crippen LogP contribution in [-0.2, 0) is 6.54 Å². The van der Waals surface area contributed by atoms with Gasteiger partial charge >= 0.3 is 0 Å². The molecule has 0 saturated carbocycles. The maximum atomic E-state index is 4.36. The van der Waals surface area contributed by atoms with E-state index in [0.717, 1.165) is 24.7 Å². The fraction of sp³-hybridized carbons (Fsp3) is 0.556. The van der Waals surface area contributed by atoms with Crippen molar-refractivity contribution in [3.8, 4) is 0 Å². The van der Waals surface area contributed by atoms with Crippen LogP contribution in [0.1, 0.15) is 12.6 Å². The molecule has 0 aliphatic rings. The minimum absolute atomic E-state index is 0.760. The van der Waals surface area contributed by atoms with Crippen molar-refractivity contribution in [3.63, 3.8) is 0 Å². The number of nitrogens with zero attached hydrogens (tertiary/aromatic N) is 3. The van der Waals surface area contributed by atoms with E-state index in [-0.39, 0.29) is 0 Å². The van der Waals surface area contributed by atoms with E-state index >= 15 is 0 Å². The lowest BCUT2D eigenvalue weighted by molar-refractivity contribution is 0.707. The molecule has 0 amide bonds. The number of rotatable bonds is 4. The van der Waals surface area contributed by atoms with Crippen LogP contribution >= 0.6 is 0 Å². The van der Waals surface area contributed by atoms with Gasteiger partial charge in [0.25, 0.3) is 0 Å². The lowest BCUT2D eigenvalue weighted by Crippen LogP contribution is -2.16. The molecule has 1 rings (SSSR count). The predicted octanol–water partition coefficient (Wildman–Crippen LogP) is 0.652. The number of aromatic nitrogens is 2. The average Bonchev–Trinajstić information content (AvgIpc) is 2.15. The summed E-state index contributed by atoms with van der Waals surface area (Å²) < 4.78 is 0. The summed E-state index contributed by atoms with van der Waals surface area (Å²) in [4.78, 5) is 10.4. The molecule has 13 heavy (non-hydrogen) atoms. The lowest BCUT2D eigenvalue weighted by atomic mass is 10.4. The van der Waals surface area contributed by atoms with E-state index in [1.165, 1.54) is 0 Å². The van der Waals surface area contributed by atoms with Crippen molar-refractivity contribution in [3.05, 3.63) is 18.0 Å². The van der Waals surface area contributed by atoms with Crippen LogP contribution < -0.4 is 10.2 Å². The molecule has 1 heterocycles. The molecule has 72 valence electrons. The summed E-state index contributed by atoms with van der Waals surface area (Å²) in [6, 6.07) is 1.93. The van der Waals surface area contributed by atoms with E-state index in [1.54, 1.807) is 6.20 Å². The zero-order valence-electron chi connectivity index (χ0n) is 8.41. The molecule has 4 heteroatoms. The molecule has 1 aromatic rings. The topological polar surface area (TPSA) is 41.1 Å². The smallest absolute Gasteiger partial charge is 0.225 e. The second kappa shape index (κ2) is 4.77. The molecule has 0 fully saturated rings. The second-order valence-electron chi connectivity index (χ2n) is 3.02. The standard InChI is InChI=1S/C9H16N4/c1-4-10-7-8-5-6-11-9(12-8)13(2)3/h5-6,10H,4,7H2,1-3H3. The van der Waals surface area contributed by atoms with Gasteiger partial charge in [0.2, 0.25) is 5.95 Å². The van der Waals surface area contributed by atoms with Crippen molar-refractivity contribution in [2.45, 2.75) is 13.5 Å². The van der Waals surface area contributed by atoms with Crippen LogP contribution in [-0.4, -0.2) is 30.6 Å². The Morgan fingerprint density at radius 3 is 2.85 bits per heavy atom. The third kappa shape index (κ3) is 2.99. The molecule has 0 radical (unpaired) electrons. The highest BCUT2D eigenvalue weighted by molar-refractivity contribution is 5.26.